The highest BCUT2D eigenvalue weighted by Gasteiger charge is 2.35. The van der Waals surface area contributed by atoms with E-state index in [4.69, 9.17) is 4.74 Å². The average molecular weight is 373 g/mol. The Kier molecular flexibility index (Phi) is 5.69. The zero-order chi connectivity index (χ0) is 18.8. The summed E-state index contributed by atoms with van der Waals surface area (Å²) in [4.78, 5) is 13.6. The van der Waals surface area contributed by atoms with Crippen LogP contribution in [0, 0.1) is 5.82 Å². The molecule has 0 spiro atoms. The molecule has 9 heteroatoms. The van der Waals surface area contributed by atoms with Gasteiger partial charge < -0.3 is 20.5 Å². The lowest BCUT2D eigenvalue weighted by Gasteiger charge is -2.35. The fourth-order valence-electron chi connectivity index (χ4n) is 3.34. The quantitative estimate of drug-likeness (QED) is 0.730. The number of fused-ring (bicyclic) bond motifs is 1. The molecule has 1 aromatic carbocycles. The number of rotatable bonds is 4. The normalized spacial score (nSPS) is 30.2. The van der Waals surface area contributed by atoms with Gasteiger partial charge in [0.05, 0.1) is 12.6 Å². The number of hydrogen-bond acceptors (Lipinski definition) is 5. The minimum Gasteiger partial charge on any atom is -0.451 e. The number of carbonyl (C=O) groups is 1. The van der Waals surface area contributed by atoms with Gasteiger partial charge in [-0.2, -0.15) is 0 Å². The predicted octanol–water partition coefficient (Wildman–Crippen LogP) is 0.839. The number of benzene rings is 1. The maximum atomic E-state index is 14.0. The first kappa shape index (κ1) is 18.9. The Balaban J connectivity index is 1.56. The Morgan fingerprint density at radius 3 is 3.00 bits per heavy atom. The maximum absolute atomic E-state index is 14.0. The number of amides is 1. The van der Waals surface area contributed by atoms with E-state index in [9.17, 15) is 23.1 Å². The minimum atomic E-state index is -1.40. The van der Waals surface area contributed by atoms with E-state index in [0.29, 0.717) is 11.3 Å². The van der Waals surface area contributed by atoms with Gasteiger partial charge in [0.15, 0.2) is 0 Å². The third kappa shape index (κ3) is 4.28. The molecule has 2 heterocycles. The van der Waals surface area contributed by atoms with Crippen LogP contribution in [0.1, 0.15) is 18.9 Å². The van der Waals surface area contributed by atoms with Crippen LogP contribution < -0.4 is 15.4 Å². The maximum Gasteiger partial charge on any atom is 0.260 e. The topological polar surface area (TPSA) is 73.8 Å². The first-order valence-electron chi connectivity index (χ1n) is 8.51. The van der Waals surface area contributed by atoms with Gasteiger partial charge in [-0.3, -0.25) is 4.79 Å². The van der Waals surface area contributed by atoms with Crippen LogP contribution in [0.4, 0.5) is 13.2 Å². The van der Waals surface area contributed by atoms with Crippen LogP contribution in [0.3, 0.4) is 0 Å². The molecule has 6 nitrogen and oxygen atoms in total. The first-order valence-corrected chi connectivity index (χ1v) is 8.51. The molecular weight excluding hydrogens is 351 g/mol. The van der Waals surface area contributed by atoms with Crippen LogP contribution in [0.2, 0.25) is 0 Å². The molecule has 1 aromatic rings. The zero-order valence-electron chi connectivity index (χ0n) is 14.3. The van der Waals surface area contributed by atoms with E-state index in [-0.39, 0.29) is 26.1 Å². The van der Waals surface area contributed by atoms with Crippen molar-refractivity contribution in [1.82, 2.24) is 15.5 Å². The largest absolute Gasteiger partial charge is 0.451 e. The highest BCUT2D eigenvalue weighted by Crippen LogP contribution is 2.27. The fourth-order valence-corrected chi connectivity index (χ4v) is 3.34. The van der Waals surface area contributed by atoms with Crippen LogP contribution >= 0.6 is 0 Å². The Morgan fingerprint density at radius 1 is 1.50 bits per heavy atom. The van der Waals surface area contributed by atoms with Crippen LogP contribution in [-0.2, 0) is 11.3 Å². The number of ether oxygens (including phenoxy) is 1. The molecule has 1 fully saturated rings. The van der Waals surface area contributed by atoms with Crippen LogP contribution in [-0.4, -0.2) is 59.8 Å². The zero-order valence-corrected chi connectivity index (χ0v) is 14.3. The van der Waals surface area contributed by atoms with Crippen LogP contribution in [0.5, 0.6) is 5.75 Å². The van der Waals surface area contributed by atoms with Crippen molar-refractivity contribution >= 4 is 5.91 Å². The van der Waals surface area contributed by atoms with E-state index >= 15 is 0 Å². The molecule has 4 unspecified atom stereocenters. The van der Waals surface area contributed by atoms with Gasteiger partial charge in [-0.1, -0.05) is 0 Å². The van der Waals surface area contributed by atoms with Gasteiger partial charge in [-0.25, -0.2) is 18.1 Å². The van der Waals surface area contributed by atoms with E-state index in [2.05, 4.69) is 10.6 Å². The molecule has 0 saturated carbocycles. The third-order valence-electron chi connectivity index (χ3n) is 4.66. The highest BCUT2D eigenvalue weighted by molar-refractivity contribution is 5.78. The van der Waals surface area contributed by atoms with E-state index in [1.54, 1.807) is 6.92 Å². The number of halogens is 3. The number of nitrogens with zero attached hydrogens (tertiary/aromatic N) is 1. The van der Waals surface area contributed by atoms with Crippen molar-refractivity contribution in [2.75, 3.05) is 13.1 Å². The van der Waals surface area contributed by atoms with E-state index in [0.717, 1.165) is 0 Å². The van der Waals surface area contributed by atoms with Gasteiger partial charge in [0.1, 0.15) is 23.9 Å². The SMILES string of the molecule is C[C@@H](NC(=O)CN1Cc2cc(F)ccc2OC1O)C1NCC(F)CC1F. The second kappa shape index (κ2) is 7.81. The van der Waals surface area contributed by atoms with E-state index in [1.165, 1.54) is 23.1 Å². The number of aliphatic hydroxyl groups excluding tert-OH is 1. The van der Waals surface area contributed by atoms with E-state index < -0.39 is 42.6 Å². The molecule has 2 aliphatic rings. The smallest absolute Gasteiger partial charge is 0.260 e. The minimum absolute atomic E-state index is 0.0479. The van der Waals surface area contributed by atoms with Crippen molar-refractivity contribution in [1.29, 1.82) is 0 Å². The summed E-state index contributed by atoms with van der Waals surface area (Å²) in [6, 6.07) is 2.69. The molecule has 0 bridgehead atoms. The second-order valence-electron chi connectivity index (χ2n) is 6.74. The highest BCUT2D eigenvalue weighted by atomic mass is 19.1. The Bertz CT molecular complexity index is 663. The molecule has 0 aromatic heterocycles. The Morgan fingerprint density at radius 2 is 2.27 bits per heavy atom. The lowest BCUT2D eigenvalue weighted by molar-refractivity contribution is -0.160. The van der Waals surface area contributed by atoms with Gasteiger partial charge in [0.2, 0.25) is 5.91 Å². The molecule has 26 heavy (non-hydrogen) atoms. The van der Waals surface area contributed by atoms with Crippen molar-refractivity contribution in [3.63, 3.8) is 0 Å². The second-order valence-corrected chi connectivity index (χ2v) is 6.74. The third-order valence-corrected chi connectivity index (χ3v) is 4.66. The van der Waals surface area contributed by atoms with Crippen molar-refractivity contribution in [2.45, 2.75) is 50.7 Å². The predicted molar refractivity (Wildman–Crippen MR) is 87.2 cm³/mol. The summed E-state index contributed by atoms with van der Waals surface area (Å²) in [7, 11) is 0. The summed E-state index contributed by atoms with van der Waals surface area (Å²) >= 11 is 0. The lowest BCUT2D eigenvalue weighted by Crippen LogP contribution is -2.59. The van der Waals surface area contributed by atoms with Gasteiger partial charge in [-0.05, 0) is 25.1 Å². The standard InChI is InChI=1S/C17H22F3N3O3/c1-9(16-13(20)5-12(19)6-21-16)22-15(24)8-23-7-10-4-11(18)2-3-14(10)26-17(23)25/h2-4,9,12-13,16-17,21,25H,5-8H2,1H3,(H,22,24)/t9-,12?,13?,16?,17?/m1/s1. The Labute approximate surface area is 149 Å². The first-order chi connectivity index (χ1) is 12.3. The monoisotopic (exact) mass is 373 g/mol. The number of nitrogens with one attached hydrogen (secondary N) is 2. The Hall–Kier alpha value is -1.84. The van der Waals surface area contributed by atoms with Gasteiger partial charge in [0.25, 0.3) is 6.41 Å². The summed E-state index contributed by atoms with van der Waals surface area (Å²) in [5, 5.41) is 15.4. The van der Waals surface area contributed by atoms with Crippen molar-refractivity contribution < 1.29 is 27.8 Å². The molecule has 144 valence electrons. The molecule has 1 saturated heterocycles. The molecule has 1 amide bonds. The molecule has 5 atom stereocenters. The van der Waals surface area contributed by atoms with Crippen molar-refractivity contribution in [3.05, 3.63) is 29.6 Å². The number of carbonyl (C=O) groups excluding carboxylic acids is 1. The van der Waals surface area contributed by atoms with Gasteiger partial charge >= 0.3 is 0 Å². The molecule has 3 rings (SSSR count). The average Bonchev–Trinajstić information content (AvgIpc) is 2.55. The number of aliphatic hydroxyl groups is 1. The van der Waals surface area contributed by atoms with E-state index in [1.807, 2.05) is 0 Å². The van der Waals surface area contributed by atoms with Gasteiger partial charge in [0, 0.05) is 31.1 Å². The molecule has 3 N–H and O–H groups in total. The van der Waals surface area contributed by atoms with Crippen molar-refractivity contribution in [2.24, 2.45) is 0 Å². The molecule has 0 radical (unpaired) electrons. The number of piperidine rings is 1. The summed E-state index contributed by atoms with van der Waals surface area (Å²) < 4.78 is 45.7. The van der Waals surface area contributed by atoms with Crippen LogP contribution in [0.25, 0.3) is 0 Å². The van der Waals surface area contributed by atoms with Gasteiger partial charge in [-0.15, -0.1) is 0 Å². The van der Waals surface area contributed by atoms with Crippen LogP contribution in [0.15, 0.2) is 18.2 Å². The molecule has 2 aliphatic heterocycles. The number of alkyl halides is 2. The summed E-state index contributed by atoms with van der Waals surface area (Å²) in [6.45, 7) is 1.60. The summed E-state index contributed by atoms with van der Waals surface area (Å²) in [5.41, 5.74) is 0.517. The number of hydrogen-bond donors (Lipinski definition) is 3. The van der Waals surface area contributed by atoms with Crippen molar-refractivity contribution in [3.8, 4) is 5.75 Å². The fraction of sp³-hybridized carbons (Fsp3) is 0.588. The summed E-state index contributed by atoms with van der Waals surface area (Å²) in [6.07, 6.45) is -4.17. The lowest BCUT2D eigenvalue weighted by atomic mass is 9.96. The molecule has 0 aliphatic carbocycles. The molecular formula is C17H22F3N3O3. The summed E-state index contributed by atoms with van der Waals surface area (Å²) in [5.74, 6) is -0.530.